The molecule has 2 aliphatic rings. The molecule has 10 atom stereocenters. The van der Waals surface area contributed by atoms with Crippen LogP contribution in [0.25, 0.3) is 22.3 Å². The second kappa shape index (κ2) is 12.4. The van der Waals surface area contributed by atoms with E-state index in [1.54, 1.807) is 0 Å². The highest BCUT2D eigenvalue weighted by atomic mass is 31.2. The Kier molecular flexibility index (Phi) is 8.69. The largest absolute Gasteiger partial charge is 0.534 e. The molecular formula is C21H24F2N9O11P2+. The number of anilines is 1. The molecule has 20 nitrogen and oxygen atoms in total. The van der Waals surface area contributed by atoms with Crippen molar-refractivity contribution in [2.45, 2.75) is 49.2 Å². The molecule has 0 aliphatic carbocycles. The number of rotatable bonds is 11. The average Bonchev–Trinajstić information content (AvgIpc) is 3.76. The maximum Gasteiger partial charge on any atom is 0.534 e. The monoisotopic (exact) mass is 678 g/mol. The molecule has 0 radical (unpaired) electrons. The molecule has 2 saturated heterocycles. The van der Waals surface area contributed by atoms with Crippen LogP contribution in [0.5, 0.6) is 0 Å². The van der Waals surface area contributed by atoms with Gasteiger partial charge in [-0.3, -0.25) is 23.0 Å². The van der Waals surface area contributed by atoms with Gasteiger partial charge in [0.1, 0.15) is 36.3 Å². The van der Waals surface area contributed by atoms with E-state index in [-0.39, 0.29) is 28.1 Å². The molecule has 10 unspecified atom stereocenters. The van der Waals surface area contributed by atoms with Gasteiger partial charge in [-0.2, -0.15) is 4.89 Å². The molecule has 2 aliphatic heterocycles. The SMILES string of the molecule is Nc1ncnc2c1ncn2C1OC(COP(=O)(O)OC2C(F)C(CO)OC2n2cnc3c(=O)[nH]cnc32)C(OC[P+](=O)O)C1F. The summed E-state index contributed by atoms with van der Waals surface area (Å²) in [6.45, 7) is -1.72. The fourth-order valence-corrected chi connectivity index (χ4v) is 6.26. The summed E-state index contributed by atoms with van der Waals surface area (Å²) in [5.41, 5.74) is 5.18. The summed E-state index contributed by atoms with van der Waals surface area (Å²) in [4.78, 5) is 53.9. The van der Waals surface area contributed by atoms with Crippen LogP contribution in [0.4, 0.5) is 14.6 Å². The van der Waals surface area contributed by atoms with Crippen molar-refractivity contribution in [3.05, 3.63) is 35.7 Å². The van der Waals surface area contributed by atoms with E-state index in [9.17, 15) is 28.8 Å². The maximum absolute atomic E-state index is 15.7. The number of hydrogen-bond acceptors (Lipinski definition) is 15. The first-order valence-corrected chi connectivity index (χ1v) is 15.8. The van der Waals surface area contributed by atoms with Gasteiger partial charge in [-0.25, -0.2) is 38.3 Å². The molecule has 0 amide bonds. The number of imidazole rings is 2. The van der Waals surface area contributed by atoms with Gasteiger partial charge in [0.25, 0.3) is 11.9 Å². The van der Waals surface area contributed by atoms with Crippen molar-refractivity contribution >= 4 is 44.0 Å². The average molecular weight is 678 g/mol. The fraction of sp³-hybridized carbons (Fsp3) is 0.524. The van der Waals surface area contributed by atoms with E-state index in [1.807, 2.05) is 0 Å². The zero-order valence-corrected chi connectivity index (χ0v) is 24.3. The van der Waals surface area contributed by atoms with Crippen LogP contribution >= 0.6 is 15.9 Å². The molecule has 0 aromatic carbocycles. The molecule has 4 aromatic rings. The molecule has 6 rings (SSSR count). The van der Waals surface area contributed by atoms with Crippen molar-refractivity contribution in [3.8, 4) is 0 Å². The molecule has 6 N–H and O–H groups in total. The Hall–Kier alpha value is -3.43. The summed E-state index contributed by atoms with van der Waals surface area (Å²) in [6, 6.07) is 0. The number of hydrogen-bond donors (Lipinski definition) is 5. The van der Waals surface area contributed by atoms with Crippen LogP contribution in [-0.4, -0.2) is 110 Å². The lowest BCUT2D eigenvalue weighted by atomic mass is 10.1. The van der Waals surface area contributed by atoms with Crippen LogP contribution in [-0.2, 0) is 32.4 Å². The Morgan fingerprint density at radius 3 is 2.44 bits per heavy atom. The van der Waals surface area contributed by atoms with E-state index in [0.29, 0.717) is 0 Å². The third-order valence-electron chi connectivity index (χ3n) is 7.05. The van der Waals surface area contributed by atoms with Gasteiger partial charge in [0.2, 0.25) is 0 Å². The Morgan fingerprint density at radius 2 is 1.71 bits per heavy atom. The first-order valence-electron chi connectivity index (χ1n) is 12.9. The summed E-state index contributed by atoms with van der Waals surface area (Å²) in [5.74, 6) is 0.00515. The van der Waals surface area contributed by atoms with Crippen LogP contribution in [0, 0.1) is 0 Å². The maximum atomic E-state index is 15.7. The summed E-state index contributed by atoms with van der Waals surface area (Å²) in [7, 11) is -8.10. The first-order chi connectivity index (χ1) is 21.5. The number of aromatic amines is 1. The number of nitrogens with zero attached hydrogens (tertiary/aromatic N) is 7. The number of nitrogens with one attached hydrogen (secondary N) is 1. The minimum Gasteiger partial charge on any atom is -0.394 e. The molecule has 6 heterocycles. The van der Waals surface area contributed by atoms with Gasteiger partial charge in [0.15, 0.2) is 47.4 Å². The van der Waals surface area contributed by atoms with Gasteiger partial charge in [-0.15, -0.1) is 0 Å². The second-order valence-corrected chi connectivity index (χ2v) is 12.2. The Bertz CT molecular complexity index is 1830. The van der Waals surface area contributed by atoms with Gasteiger partial charge in [-0.1, -0.05) is 0 Å². The van der Waals surface area contributed by atoms with Crippen molar-refractivity contribution in [3.63, 3.8) is 0 Å². The predicted octanol–water partition coefficient (Wildman–Crippen LogP) is -0.415. The van der Waals surface area contributed by atoms with Gasteiger partial charge >= 0.3 is 15.9 Å². The van der Waals surface area contributed by atoms with Crippen LogP contribution in [0.3, 0.4) is 0 Å². The number of fused-ring (bicyclic) bond motifs is 2. The van der Waals surface area contributed by atoms with E-state index < -0.39 is 90.2 Å². The molecule has 24 heteroatoms. The lowest BCUT2D eigenvalue weighted by Crippen LogP contribution is -2.35. The highest BCUT2D eigenvalue weighted by Crippen LogP contribution is 2.51. The van der Waals surface area contributed by atoms with E-state index in [2.05, 4.69) is 29.9 Å². The third kappa shape index (κ3) is 5.97. The minimum absolute atomic E-state index is 0.00515. The lowest BCUT2D eigenvalue weighted by molar-refractivity contribution is -0.0645. The standard InChI is InChI=1S/C21H23F2N9O11P2/c22-10-8(1-33)41-21(32-6-30-13-18(32)27-4-28-19(13)34)15(10)43-45(37,38)40-2-9-14(39-7-44(35)36)11(23)20(42-9)31-5-29-12-16(24)25-3-26-17(12)31/h3-6,8-11,14-15,20-21,33H,1-2,7H2,(H4-,24,25,26,27,28,34,35,36,37,38)/p+1. The number of aliphatic hydroxyl groups excluding tert-OH is 1. The zero-order chi connectivity index (χ0) is 32.0. The van der Waals surface area contributed by atoms with Crippen molar-refractivity contribution in [1.29, 1.82) is 0 Å². The van der Waals surface area contributed by atoms with Gasteiger partial charge < -0.3 is 34.9 Å². The molecule has 2 fully saturated rings. The molecule has 0 saturated carbocycles. The quantitative estimate of drug-likeness (QED) is 0.126. The summed E-state index contributed by atoms with van der Waals surface area (Å²) in [5, 5.41) is 9.60. The van der Waals surface area contributed by atoms with Gasteiger partial charge in [0, 0.05) is 0 Å². The highest BCUT2D eigenvalue weighted by molar-refractivity contribution is 7.47. The van der Waals surface area contributed by atoms with Crippen LogP contribution in [0.2, 0.25) is 0 Å². The van der Waals surface area contributed by atoms with Crippen LogP contribution < -0.4 is 11.3 Å². The van der Waals surface area contributed by atoms with Crippen molar-refractivity contribution < 1.29 is 56.1 Å². The normalized spacial score (nSPS) is 30.3. The Labute approximate surface area is 249 Å². The third-order valence-corrected chi connectivity index (χ3v) is 8.40. The molecule has 0 bridgehead atoms. The minimum atomic E-state index is -5.23. The summed E-state index contributed by atoms with van der Waals surface area (Å²) in [6.07, 6.45) is -10.1. The summed E-state index contributed by atoms with van der Waals surface area (Å²) < 4.78 is 84.3. The second-order valence-electron chi connectivity index (χ2n) is 9.79. The smallest absolute Gasteiger partial charge is 0.394 e. The topological polar surface area (TPSA) is 274 Å². The van der Waals surface area contributed by atoms with Crippen molar-refractivity contribution in [2.75, 3.05) is 25.3 Å². The summed E-state index contributed by atoms with van der Waals surface area (Å²) >= 11 is 0. The zero-order valence-electron chi connectivity index (χ0n) is 22.5. The van der Waals surface area contributed by atoms with Crippen LogP contribution in [0.15, 0.2) is 30.1 Å². The number of halogens is 2. The number of phosphoric acid groups is 1. The lowest BCUT2D eigenvalue weighted by Gasteiger charge is -2.24. The molecule has 45 heavy (non-hydrogen) atoms. The number of H-pyrrole nitrogens is 1. The Balaban J connectivity index is 1.21. The number of ether oxygens (including phenoxy) is 3. The predicted molar refractivity (Wildman–Crippen MR) is 143 cm³/mol. The highest BCUT2D eigenvalue weighted by Gasteiger charge is 2.52. The number of aliphatic hydroxyl groups is 1. The molecule has 242 valence electrons. The van der Waals surface area contributed by atoms with E-state index in [4.69, 9.17) is 29.0 Å². The number of nitrogen functional groups attached to an aromatic ring is 1. The number of nitrogens with two attached hydrogens (primary N) is 1. The number of alkyl halides is 2. The van der Waals surface area contributed by atoms with E-state index in [0.717, 1.165) is 23.5 Å². The molecule has 0 spiro atoms. The Morgan fingerprint density at radius 1 is 1.02 bits per heavy atom. The van der Waals surface area contributed by atoms with E-state index in [1.165, 1.54) is 10.9 Å². The van der Waals surface area contributed by atoms with Crippen molar-refractivity contribution in [1.82, 2.24) is 39.0 Å². The van der Waals surface area contributed by atoms with Gasteiger partial charge in [-0.05, 0) is 4.57 Å². The number of phosphoric ester groups is 1. The van der Waals surface area contributed by atoms with Crippen molar-refractivity contribution in [2.24, 2.45) is 0 Å². The fourth-order valence-electron chi connectivity index (χ4n) is 5.04. The molecular weight excluding hydrogens is 654 g/mol. The van der Waals surface area contributed by atoms with Gasteiger partial charge in [0.05, 0.1) is 32.2 Å². The van der Waals surface area contributed by atoms with Crippen LogP contribution in [0.1, 0.15) is 12.5 Å². The van der Waals surface area contributed by atoms with E-state index >= 15 is 8.78 Å². The number of aromatic nitrogens is 8. The first kappa shape index (κ1) is 31.5. The molecule has 4 aromatic heterocycles.